The Balaban J connectivity index is 1.78. The lowest BCUT2D eigenvalue weighted by Crippen LogP contribution is -2.44. The summed E-state index contributed by atoms with van der Waals surface area (Å²) in [6.07, 6.45) is 2.67. The predicted octanol–water partition coefficient (Wildman–Crippen LogP) is 3.75. The maximum absolute atomic E-state index is 13.4. The van der Waals surface area contributed by atoms with E-state index in [4.69, 9.17) is 11.6 Å². The standard InChI is InChI=1S/C18H14ClFN2O2S/c19-13-8-11(2-3-14(13)20)12-10-25-15-4-7-22(18(24)17(12)15)9-16(23)21-5-1-6-21/h2-4,7-8,10H,1,5-6,9H2. The zero-order valence-electron chi connectivity index (χ0n) is 13.2. The molecule has 0 saturated carbocycles. The number of rotatable bonds is 3. The van der Waals surface area contributed by atoms with E-state index in [0.717, 1.165) is 24.2 Å². The molecule has 1 amide bonds. The van der Waals surface area contributed by atoms with Gasteiger partial charge in [0.15, 0.2) is 0 Å². The Labute approximate surface area is 152 Å². The number of pyridine rings is 1. The molecule has 0 radical (unpaired) electrons. The Morgan fingerprint density at radius 3 is 2.76 bits per heavy atom. The SMILES string of the molecule is O=C(Cn1ccc2scc(-c3ccc(F)c(Cl)c3)c2c1=O)N1CCC1. The third-order valence-electron chi connectivity index (χ3n) is 4.45. The van der Waals surface area contributed by atoms with Gasteiger partial charge in [-0.2, -0.15) is 0 Å². The summed E-state index contributed by atoms with van der Waals surface area (Å²) in [5, 5.41) is 2.41. The number of thiophene rings is 1. The van der Waals surface area contributed by atoms with Crippen LogP contribution in [0.2, 0.25) is 5.02 Å². The van der Waals surface area contributed by atoms with Crippen molar-refractivity contribution in [1.82, 2.24) is 9.47 Å². The largest absolute Gasteiger partial charge is 0.341 e. The first kappa shape index (κ1) is 16.3. The van der Waals surface area contributed by atoms with Crippen molar-refractivity contribution in [2.24, 2.45) is 0 Å². The molecular formula is C18H14ClFN2O2S. The molecule has 1 aliphatic rings. The molecule has 1 saturated heterocycles. The second kappa shape index (κ2) is 6.28. The molecule has 0 bridgehead atoms. The molecule has 4 nitrogen and oxygen atoms in total. The predicted molar refractivity (Wildman–Crippen MR) is 97.7 cm³/mol. The van der Waals surface area contributed by atoms with E-state index in [1.54, 1.807) is 17.2 Å². The monoisotopic (exact) mass is 376 g/mol. The molecule has 7 heteroatoms. The quantitative estimate of drug-likeness (QED) is 0.698. The second-order valence-corrected chi connectivity index (χ2v) is 7.32. The highest BCUT2D eigenvalue weighted by molar-refractivity contribution is 7.17. The van der Waals surface area contributed by atoms with Crippen molar-refractivity contribution < 1.29 is 9.18 Å². The molecule has 0 aliphatic carbocycles. The number of hydrogen-bond acceptors (Lipinski definition) is 3. The fraction of sp³-hybridized carbons (Fsp3) is 0.222. The van der Waals surface area contributed by atoms with Gasteiger partial charge in [-0.05, 0) is 30.2 Å². The lowest BCUT2D eigenvalue weighted by Gasteiger charge is -2.31. The minimum atomic E-state index is -0.498. The average Bonchev–Trinajstić information content (AvgIpc) is 2.96. The van der Waals surface area contributed by atoms with E-state index in [9.17, 15) is 14.0 Å². The van der Waals surface area contributed by atoms with Crippen LogP contribution in [0, 0.1) is 5.82 Å². The smallest absolute Gasteiger partial charge is 0.260 e. The van der Waals surface area contributed by atoms with E-state index < -0.39 is 5.82 Å². The van der Waals surface area contributed by atoms with Crippen LogP contribution in [0.25, 0.3) is 21.2 Å². The summed E-state index contributed by atoms with van der Waals surface area (Å²) in [4.78, 5) is 26.8. The summed E-state index contributed by atoms with van der Waals surface area (Å²) in [6, 6.07) is 6.24. The molecule has 128 valence electrons. The van der Waals surface area contributed by atoms with Crippen LogP contribution >= 0.6 is 22.9 Å². The van der Waals surface area contributed by atoms with Crippen molar-refractivity contribution in [3.63, 3.8) is 0 Å². The number of hydrogen-bond donors (Lipinski definition) is 0. The number of fused-ring (bicyclic) bond motifs is 1. The summed E-state index contributed by atoms with van der Waals surface area (Å²) < 4.78 is 15.7. The third kappa shape index (κ3) is 2.85. The number of carbonyl (C=O) groups is 1. The molecule has 0 atom stereocenters. The molecule has 25 heavy (non-hydrogen) atoms. The number of nitrogens with zero attached hydrogens (tertiary/aromatic N) is 2. The third-order valence-corrected chi connectivity index (χ3v) is 5.68. The molecule has 0 spiro atoms. The van der Waals surface area contributed by atoms with Crippen LogP contribution < -0.4 is 5.56 Å². The first-order valence-electron chi connectivity index (χ1n) is 7.88. The summed E-state index contributed by atoms with van der Waals surface area (Å²) >= 11 is 7.31. The van der Waals surface area contributed by atoms with Crippen molar-refractivity contribution in [2.45, 2.75) is 13.0 Å². The number of halogens is 2. The van der Waals surface area contributed by atoms with E-state index in [0.29, 0.717) is 16.5 Å². The average molecular weight is 377 g/mol. The Morgan fingerprint density at radius 1 is 1.28 bits per heavy atom. The molecule has 1 fully saturated rings. The Hall–Kier alpha value is -2.18. The number of likely N-dealkylation sites (tertiary alicyclic amines) is 1. The molecule has 0 N–H and O–H groups in total. The highest BCUT2D eigenvalue weighted by Crippen LogP contribution is 2.33. The first-order chi connectivity index (χ1) is 12.0. The summed E-state index contributed by atoms with van der Waals surface area (Å²) in [5.41, 5.74) is 1.17. The van der Waals surface area contributed by atoms with Crippen LogP contribution in [0.4, 0.5) is 4.39 Å². The van der Waals surface area contributed by atoms with Gasteiger partial charge in [0, 0.05) is 34.9 Å². The Bertz CT molecular complexity index is 1040. The minimum absolute atomic E-state index is 0.0149. The first-order valence-corrected chi connectivity index (χ1v) is 9.14. The van der Waals surface area contributed by atoms with Crippen molar-refractivity contribution in [2.75, 3.05) is 13.1 Å². The van der Waals surface area contributed by atoms with Gasteiger partial charge in [-0.1, -0.05) is 17.7 Å². The van der Waals surface area contributed by atoms with Gasteiger partial charge < -0.3 is 9.47 Å². The zero-order valence-corrected chi connectivity index (χ0v) is 14.7. The van der Waals surface area contributed by atoms with Crippen molar-refractivity contribution in [1.29, 1.82) is 0 Å². The van der Waals surface area contributed by atoms with Gasteiger partial charge in [-0.3, -0.25) is 9.59 Å². The van der Waals surface area contributed by atoms with Gasteiger partial charge in [-0.25, -0.2) is 4.39 Å². The fourth-order valence-electron chi connectivity index (χ4n) is 2.90. The van der Waals surface area contributed by atoms with Crippen molar-refractivity contribution >= 4 is 38.9 Å². The topological polar surface area (TPSA) is 42.3 Å². The highest BCUT2D eigenvalue weighted by atomic mass is 35.5. The highest BCUT2D eigenvalue weighted by Gasteiger charge is 2.21. The van der Waals surface area contributed by atoms with Gasteiger partial charge in [0.05, 0.1) is 10.4 Å². The summed E-state index contributed by atoms with van der Waals surface area (Å²) in [7, 11) is 0. The van der Waals surface area contributed by atoms with Gasteiger partial charge in [0.25, 0.3) is 5.56 Å². The van der Waals surface area contributed by atoms with Gasteiger partial charge in [0.2, 0.25) is 5.91 Å². The summed E-state index contributed by atoms with van der Waals surface area (Å²) in [6.45, 7) is 1.55. The molecule has 1 aliphatic heterocycles. The van der Waals surface area contributed by atoms with Crippen LogP contribution in [0.15, 0.2) is 40.6 Å². The Kier molecular flexibility index (Phi) is 4.09. The van der Waals surface area contributed by atoms with Crippen LogP contribution in [0.3, 0.4) is 0 Å². The maximum atomic E-state index is 13.4. The Morgan fingerprint density at radius 2 is 2.08 bits per heavy atom. The van der Waals surface area contributed by atoms with Crippen LogP contribution in [-0.4, -0.2) is 28.5 Å². The van der Waals surface area contributed by atoms with Gasteiger partial charge in [0.1, 0.15) is 12.4 Å². The molecule has 2 aromatic heterocycles. The number of aromatic nitrogens is 1. The molecule has 1 aromatic carbocycles. The maximum Gasteiger partial charge on any atom is 0.260 e. The lowest BCUT2D eigenvalue weighted by molar-refractivity contribution is -0.135. The van der Waals surface area contributed by atoms with E-state index in [-0.39, 0.29) is 23.0 Å². The van der Waals surface area contributed by atoms with E-state index in [1.807, 2.05) is 11.4 Å². The van der Waals surface area contributed by atoms with Crippen LogP contribution in [-0.2, 0) is 11.3 Å². The van der Waals surface area contributed by atoms with Gasteiger partial charge >= 0.3 is 0 Å². The second-order valence-electron chi connectivity index (χ2n) is 6.00. The molecule has 4 rings (SSSR count). The number of benzene rings is 1. The van der Waals surface area contributed by atoms with Crippen molar-refractivity contribution in [3.8, 4) is 11.1 Å². The fourth-order valence-corrected chi connectivity index (χ4v) is 4.03. The van der Waals surface area contributed by atoms with Gasteiger partial charge in [-0.15, -0.1) is 11.3 Å². The summed E-state index contributed by atoms with van der Waals surface area (Å²) in [5.74, 6) is -0.545. The number of carbonyl (C=O) groups excluding carboxylic acids is 1. The molecule has 3 aromatic rings. The van der Waals surface area contributed by atoms with E-state index in [2.05, 4.69) is 0 Å². The van der Waals surface area contributed by atoms with Crippen LogP contribution in [0.1, 0.15) is 6.42 Å². The molecule has 0 unspecified atom stereocenters. The minimum Gasteiger partial charge on any atom is -0.341 e. The number of amides is 1. The van der Waals surface area contributed by atoms with Crippen LogP contribution in [0.5, 0.6) is 0 Å². The lowest BCUT2D eigenvalue weighted by atomic mass is 10.1. The molecular weight excluding hydrogens is 363 g/mol. The van der Waals surface area contributed by atoms with E-state index in [1.165, 1.54) is 28.0 Å². The molecule has 3 heterocycles. The van der Waals surface area contributed by atoms with E-state index >= 15 is 0 Å². The zero-order chi connectivity index (χ0) is 17.6. The van der Waals surface area contributed by atoms with Crippen molar-refractivity contribution in [3.05, 3.63) is 57.0 Å². The normalized spacial score (nSPS) is 13.9.